The number of ketones is 1. The van der Waals surface area contributed by atoms with Gasteiger partial charge in [-0.05, 0) is 17.5 Å². The van der Waals surface area contributed by atoms with Gasteiger partial charge in [0, 0.05) is 17.9 Å². The zero-order valence-electron chi connectivity index (χ0n) is 9.01. The van der Waals surface area contributed by atoms with Crippen LogP contribution in [0.15, 0.2) is 36.4 Å². The zero-order chi connectivity index (χ0) is 12.6. The number of hydrogen-bond donors (Lipinski definition) is 0. The summed E-state index contributed by atoms with van der Waals surface area (Å²) in [4.78, 5) is 11.5. The van der Waals surface area contributed by atoms with Crippen LogP contribution in [0.1, 0.15) is 17.3 Å². The minimum atomic E-state index is -3.46. The highest BCUT2D eigenvalue weighted by Crippen LogP contribution is 2.27. The molecule has 0 bridgehead atoms. The van der Waals surface area contributed by atoms with Gasteiger partial charge in [-0.15, -0.1) is 0 Å². The second-order valence-electron chi connectivity index (χ2n) is 3.86. The molecule has 0 atom stereocenters. The third-order valence-electron chi connectivity index (χ3n) is 2.51. The summed E-state index contributed by atoms with van der Waals surface area (Å²) < 4.78 is 39.4. The molecule has 2 aromatic carbocycles. The molecular weight excluding hydrogens is 229 g/mol. The Hall–Kier alpha value is -1.84. The molecule has 2 aromatic rings. The van der Waals surface area contributed by atoms with Crippen molar-refractivity contribution in [3.05, 3.63) is 47.8 Å². The lowest BCUT2D eigenvalue weighted by Gasteiger charge is -2.11. The van der Waals surface area contributed by atoms with Gasteiger partial charge in [0.2, 0.25) is 5.78 Å². The number of fused-ring (bicyclic) bond motifs is 1. The maximum absolute atomic E-state index is 13.4. The van der Waals surface area contributed by atoms with Crippen molar-refractivity contribution in [3.63, 3.8) is 0 Å². The molecule has 0 spiro atoms. The molecule has 0 saturated carbocycles. The highest BCUT2D eigenvalue weighted by Gasteiger charge is 2.34. The van der Waals surface area contributed by atoms with Crippen molar-refractivity contribution in [3.8, 4) is 0 Å². The molecule has 0 saturated heterocycles. The Labute approximate surface area is 95.9 Å². The summed E-state index contributed by atoms with van der Waals surface area (Å²) in [6, 6.07) is 8.20. The van der Waals surface area contributed by atoms with Gasteiger partial charge in [-0.2, -0.15) is 8.78 Å². The predicted molar refractivity (Wildman–Crippen MR) is 58.9 cm³/mol. The van der Waals surface area contributed by atoms with E-state index < -0.39 is 17.5 Å². The molecule has 0 heterocycles. The van der Waals surface area contributed by atoms with Crippen LogP contribution in [0.4, 0.5) is 13.2 Å². The van der Waals surface area contributed by atoms with Crippen molar-refractivity contribution in [2.24, 2.45) is 0 Å². The summed E-state index contributed by atoms with van der Waals surface area (Å²) in [6.07, 6.45) is 0. The van der Waals surface area contributed by atoms with Gasteiger partial charge in [-0.25, -0.2) is 4.39 Å². The van der Waals surface area contributed by atoms with E-state index in [1.807, 2.05) is 0 Å². The highest BCUT2D eigenvalue weighted by molar-refractivity contribution is 6.11. The molecule has 0 aromatic heterocycles. The molecule has 0 unspecified atom stereocenters. The van der Waals surface area contributed by atoms with E-state index in [1.165, 1.54) is 12.1 Å². The van der Waals surface area contributed by atoms with E-state index in [9.17, 15) is 18.0 Å². The molecule has 0 N–H and O–H groups in total. The van der Waals surface area contributed by atoms with E-state index in [4.69, 9.17) is 0 Å². The maximum Gasteiger partial charge on any atom is 0.307 e. The number of carbonyl (C=O) groups is 1. The van der Waals surface area contributed by atoms with E-state index in [2.05, 4.69) is 0 Å². The lowest BCUT2D eigenvalue weighted by atomic mass is 9.98. The number of hydrogen-bond acceptors (Lipinski definition) is 1. The average Bonchev–Trinajstić information content (AvgIpc) is 2.28. The second kappa shape index (κ2) is 3.87. The van der Waals surface area contributed by atoms with Crippen molar-refractivity contribution in [1.29, 1.82) is 0 Å². The molecule has 1 nitrogen and oxygen atoms in total. The molecule has 17 heavy (non-hydrogen) atoms. The molecule has 88 valence electrons. The first-order valence-electron chi connectivity index (χ1n) is 5.01. The van der Waals surface area contributed by atoms with Gasteiger partial charge < -0.3 is 0 Å². The normalized spacial score (nSPS) is 11.8. The fraction of sp³-hybridized carbons (Fsp3) is 0.154. The molecule has 0 aliphatic rings. The summed E-state index contributed by atoms with van der Waals surface area (Å²) in [5.74, 6) is -5.29. The summed E-state index contributed by atoms with van der Waals surface area (Å²) >= 11 is 0. The number of halogens is 3. The number of benzene rings is 2. The summed E-state index contributed by atoms with van der Waals surface area (Å²) in [5, 5.41) is 0.377. The van der Waals surface area contributed by atoms with Crippen LogP contribution >= 0.6 is 0 Å². The minimum Gasteiger partial charge on any atom is -0.287 e. The molecule has 0 aliphatic carbocycles. The first kappa shape index (κ1) is 11.6. The van der Waals surface area contributed by atoms with Crippen LogP contribution in [0.3, 0.4) is 0 Å². The van der Waals surface area contributed by atoms with E-state index in [-0.39, 0.29) is 16.3 Å². The van der Waals surface area contributed by atoms with Crippen molar-refractivity contribution >= 4 is 16.6 Å². The molecule has 4 heteroatoms. The fourth-order valence-electron chi connectivity index (χ4n) is 1.70. The first-order chi connectivity index (χ1) is 7.91. The van der Waals surface area contributed by atoms with Gasteiger partial charge in [0.25, 0.3) is 0 Å². The third kappa shape index (κ3) is 2.02. The van der Waals surface area contributed by atoms with Gasteiger partial charge in [-0.3, -0.25) is 4.79 Å². The van der Waals surface area contributed by atoms with Gasteiger partial charge >= 0.3 is 5.92 Å². The lowest BCUT2D eigenvalue weighted by Crippen LogP contribution is -2.24. The summed E-state index contributed by atoms with van der Waals surface area (Å²) in [7, 11) is 0. The average molecular weight is 238 g/mol. The SMILES string of the molecule is CC(F)(F)C(=O)c1ccc(F)c2ccccc12. The summed E-state index contributed by atoms with van der Waals surface area (Å²) in [5.41, 5.74) is -0.158. The standard InChI is InChI=1S/C13H9F3O/c1-13(15,16)12(17)10-6-7-11(14)9-5-3-2-4-8(9)10/h2-7H,1H3. The molecular formula is C13H9F3O. The first-order valence-corrected chi connectivity index (χ1v) is 5.01. The van der Waals surface area contributed by atoms with Crippen molar-refractivity contribution < 1.29 is 18.0 Å². The quantitative estimate of drug-likeness (QED) is 0.727. The molecule has 0 radical (unpaired) electrons. The number of carbonyl (C=O) groups excluding carboxylic acids is 1. The van der Waals surface area contributed by atoms with E-state index in [0.717, 1.165) is 12.1 Å². The Morgan fingerprint density at radius 2 is 1.65 bits per heavy atom. The van der Waals surface area contributed by atoms with E-state index in [0.29, 0.717) is 6.92 Å². The highest BCUT2D eigenvalue weighted by atomic mass is 19.3. The van der Waals surface area contributed by atoms with Gasteiger partial charge in [0.1, 0.15) is 5.82 Å². The zero-order valence-corrected chi connectivity index (χ0v) is 9.01. The minimum absolute atomic E-state index is 0.158. The predicted octanol–water partition coefficient (Wildman–Crippen LogP) is 3.82. The van der Waals surface area contributed by atoms with Gasteiger partial charge in [0.05, 0.1) is 0 Å². The summed E-state index contributed by atoms with van der Waals surface area (Å²) in [6.45, 7) is 0.535. The van der Waals surface area contributed by atoms with Crippen LogP contribution in [0.2, 0.25) is 0 Å². The van der Waals surface area contributed by atoms with Crippen molar-refractivity contribution in [1.82, 2.24) is 0 Å². The van der Waals surface area contributed by atoms with E-state index in [1.54, 1.807) is 12.1 Å². The molecule has 0 aliphatic heterocycles. The Kier molecular flexibility index (Phi) is 2.65. The molecule has 2 rings (SSSR count). The Morgan fingerprint density at radius 3 is 2.24 bits per heavy atom. The topological polar surface area (TPSA) is 17.1 Å². The monoisotopic (exact) mass is 238 g/mol. The van der Waals surface area contributed by atoms with Crippen LogP contribution in [0, 0.1) is 5.82 Å². The Bertz CT molecular complexity index is 585. The smallest absolute Gasteiger partial charge is 0.287 e. The molecule has 0 fully saturated rings. The van der Waals surface area contributed by atoms with Crippen LogP contribution in [-0.4, -0.2) is 11.7 Å². The van der Waals surface area contributed by atoms with Crippen LogP contribution < -0.4 is 0 Å². The van der Waals surface area contributed by atoms with E-state index >= 15 is 0 Å². The Morgan fingerprint density at radius 1 is 1.06 bits per heavy atom. The van der Waals surface area contributed by atoms with Crippen molar-refractivity contribution in [2.75, 3.05) is 0 Å². The number of rotatable bonds is 2. The largest absolute Gasteiger partial charge is 0.307 e. The molecule has 0 amide bonds. The van der Waals surface area contributed by atoms with Gasteiger partial charge in [-0.1, -0.05) is 24.3 Å². The fourth-order valence-corrected chi connectivity index (χ4v) is 1.70. The van der Waals surface area contributed by atoms with Crippen LogP contribution in [-0.2, 0) is 0 Å². The van der Waals surface area contributed by atoms with Crippen molar-refractivity contribution in [2.45, 2.75) is 12.8 Å². The Balaban J connectivity index is 2.72. The van der Waals surface area contributed by atoms with Gasteiger partial charge in [0.15, 0.2) is 0 Å². The van der Waals surface area contributed by atoms with Crippen LogP contribution in [0.25, 0.3) is 10.8 Å². The van der Waals surface area contributed by atoms with Crippen LogP contribution in [0.5, 0.6) is 0 Å². The number of alkyl halides is 2. The second-order valence-corrected chi connectivity index (χ2v) is 3.86. The maximum atomic E-state index is 13.4. The lowest BCUT2D eigenvalue weighted by molar-refractivity contribution is 0.0223. The number of Topliss-reactive ketones (excluding diaryl/α,β-unsaturated/α-hetero) is 1. The third-order valence-corrected chi connectivity index (χ3v) is 2.51.